The Kier molecular flexibility index (Phi) is 5.69. The Labute approximate surface area is 108 Å². The van der Waals surface area contributed by atoms with E-state index in [9.17, 15) is 8.78 Å². The lowest BCUT2D eigenvalue weighted by Crippen LogP contribution is -2.37. The fourth-order valence-electron chi connectivity index (χ4n) is 2.22. The number of likely N-dealkylation sites (N-methyl/N-ethyl adjacent to an activating group) is 1. The summed E-state index contributed by atoms with van der Waals surface area (Å²) in [6, 6.07) is 3.54. The lowest BCUT2D eigenvalue weighted by Gasteiger charge is -2.31. The van der Waals surface area contributed by atoms with Crippen LogP contribution in [0.1, 0.15) is 32.4 Å². The molecule has 0 saturated heterocycles. The minimum atomic E-state index is -0.521. The van der Waals surface area contributed by atoms with E-state index in [1.165, 1.54) is 18.2 Å². The van der Waals surface area contributed by atoms with Crippen molar-refractivity contribution in [1.82, 2.24) is 4.90 Å². The van der Waals surface area contributed by atoms with Gasteiger partial charge in [0.25, 0.3) is 0 Å². The van der Waals surface area contributed by atoms with Crippen molar-refractivity contribution in [3.05, 3.63) is 35.4 Å². The molecule has 4 heteroatoms. The first-order valence-electron chi connectivity index (χ1n) is 6.39. The van der Waals surface area contributed by atoms with Gasteiger partial charge in [0, 0.05) is 18.7 Å². The second-order valence-electron chi connectivity index (χ2n) is 4.87. The Balaban J connectivity index is 3.07. The Morgan fingerprint density at radius 2 is 1.78 bits per heavy atom. The van der Waals surface area contributed by atoms with Gasteiger partial charge in [-0.2, -0.15) is 0 Å². The Hall–Kier alpha value is -1.00. The third-order valence-electron chi connectivity index (χ3n) is 3.00. The fourth-order valence-corrected chi connectivity index (χ4v) is 2.22. The van der Waals surface area contributed by atoms with E-state index in [1.54, 1.807) is 0 Å². The zero-order valence-electron chi connectivity index (χ0n) is 11.3. The average molecular weight is 256 g/mol. The van der Waals surface area contributed by atoms with Crippen LogP contribution >= 0.6 is 0 Å². The topological polar surface area (TPSA) is 29.3 Å². The van der Waals surface area contributed by atoms with Gasteiger partial charge in [-0.05, 0) is 24.6 Å². The van der Waals surface area contributed by atoms with E-state index in [0.717, 1.165) is 6.54 Å². The number of benzene rings is 1. The third kappa shape index (κ3) is 3.50. The van der Waals surface area contributed by atoms with Crippen molar-refractivity contribution >= 4 is 0 Å². The molecule has 0 aliphatic carbocycles. The van der Waals surface area contributed by atoms with E-state index in [-0.39, 0.29) is 12.1 Å². The van der Waals surface area contributed by atoms with Crippen LogP contribution < -0.4 is 5.73 Å². The summed E-state index contributed by atoms with van der Waals surface area (Å²) < 4.78 is 27.6. The van der Waals surface area contributed by atoms with Crippen molar-refractivity contribution in [2.45, 2.75) is 26.8 Å². The van der Waals surface area contributed by atoms with E-state index < -0.39 is 17.7 Å². The van der Waals surface area contributed by atoms with Gasteiger partial charge in [-0.15, -0.1) is 0 Å². The Morgan fingerprint density at radius 3 is 2.17 bits per heavy atom. The number of nitrogens with two attached hydrogens (primary N) is 1. The molecule has 1 atom stereocenters. The highest BCUT2D eigenvalue weighted by Gasteiger charge is 2.24. The molecule has 0 aliphatic rings. The van der Waals surface area contributed by atoms with E-state index in [4.69, 9.17) is 5.73 Å². The Morgan fingerprint density at radius 1 is 1.22 bits per heavy atom. The summed E-state index contributed by atoms with van der Waals surface area (Å²) in [5, 5.41) is 0. The van der Waals surface area contributed by atoms with Gasteiger partial charge in [-0.25, -0.2) is 8.78 Å². The molecule has 1 aromatic carbocycles. The molecule has 102 valence electrons. The van der Waals surface area contributed by atoms with Gasteiger partial charge in [0.2, 0.25) is 0 Å². The zero-order valence-corrected chi connectivity index (χ0v) is 11.3. The summed E-state index contributed by atoms with van der Waals surface area (Å²) in [4.78, 5) is 2.02. The van der Waals surface area contributed by atoms with Crippen LogP contribution in [0.3, 0.4) is 0 Å². The molecule has 1 unspecified atom stereocenters. The molecular weight excluding hydrogens is 234 g/mol. The molecular formula is C14H22F2N2. The molecule has 0 saturated carbocycles. The maximum absolute atomic E-state index is 13.8. The van der Waals surface area contributed by atoms with Crippen LogP contribution in [0.4, 0.5) is 8.78 Å². The molecule has 0 spiro atoms. The van der Waals surface area contributed by atoms with Crippen LogP contribution in [-0.2, 0) is 0 Å². The van der Waals surface area contributed by atoms with E-state index in [1.807, 2.05) is 11.8 Å². The highest BCUT2D eigenvalue weighted by Crippen LogP contribution is 2.25. The molecule has 0 aromatic heterocycles. The molecule has 2 nitrogen and oxygen atoms in total. The van der Waals surface area contributed by atoms with Crippen LogP contribution in [0.15, 0.2) is 18.2 Å². The quantitative estimate of drug-likeness (QED) is 0.848. The van der Waals surface area contributed by atoms with Crippen molar-refractivity contribution in [1.29, 1.82) is 0 Å². The standard InChI is InChI=1S/C14H22F2N2/c1-4-18(9-10(2)3)13(8-17)14-11(15)6-5-7-12(14)16/h5-7,10,13H,4,8-9,17H2,1-3H3. The van der Waals surface area contributed by atoms with E-state index in [2.05, 4.69) is 13.8 Å². The first kappa shape index (κ1) is 15.1. The van der Waals surface area contributed by atoms with Crippen molar-refractivity contribution in [2.75, 3.05) is 19.6 Å². The predicted molar refractivity (Wildman–Crippen MR) is 70.2 cm³/mol. The van der Waals surface area contributed by atoms with Crippen LogP contribution in [-0.4, -0.2) is 24.5 Å². The highest BCUT2D eigenvalue weighted by molar-refractivity contribution is 5.23. The number of nitrogens with zero attached hydrogens (tertiary/aromatic N) is 1. The largest absolute Gasteiger partial charge is 0.329 e. The molecule has 0 bridgehead atoms. The van der Waals surface area contributed by atoms with Crippen molar-refractivity contribution in [3.8, 4) is 0 Å². The summed E-state index contributed by atoms with van der Waals surface area (Å²) in [7, 11) is 0. The van der Waals surface area contributed by atoms with Gasteiger partial charge in [-0.3, -0.25) is 4.90 Å². The van der Waals surface area contributed by atoms with Gasteiger partial charge in [-0.1, -0.05) is 26.8 Å². The zero-order chi connectivity index (χ0) is 13.7. The van der Waals surface area contributed by atoms with E-state index in [0.29, 0.717) is 12.5 Å². The molecule has 1 rings (SSSR count). The average Bonchev–Trinajstić information content (AvgIpc) is 2.31. The predicted octanol–water partition coefficient (Wildman–Crippen LogP) is 2.94. The number of hydrogen-bond donors (Lipinski definition) is 1. The molecule has 18 heavy (non-hydrogen) atoms. The monoisotopic (exact) mass is 256 g/mol. The second-order valence-corrected chi connectivity index (χ2v) is 4.87. The third-order valence-corrected chi connectivity index (χ3v) is 3.00. The van der Waals surface area contributed by atoms with Gasteiger partial charge in [0.1, 0.15) is 11.6 Å². The number of rotatable bonds is 6. The first-order chi connectivity index (χ1) is 8.51. The van der Waals surface area contributed by atoms with Crippen LogP contribution in [0.2, 0.25) is 0 Å². The lowest BCUT2D eigenvalue weighted by atomic mass is 10.0. The van der Waals surface area contributed by atoms with Crippen molar-refractivity contribution in [2.24, 2.45) is 11.7 Å². The summed E-state index contributed by atoms with van der Waals surface area (Å²) in [5.41, 5.74) is 5.81. The highest BCUT2D eigenvalue weighted by atomic mass is 19.1. The molecule has 1 aromatic rings. The SMILES string of the molecule is CCN(CC(C)C)C(CN)c1c(F)cccc1F. The molecule has 2 N–H and O–H groups in total. The molecule has 0 radical (unpaired) electrons. The number of halogens is 2. The maximum atomic E-state index is 13.8. The molecule has 0 amide bonds. The Bertz CT molecular complexity index is 360. The maximum Gasteiger partial charge on any atom is 0.130 e. The van der Waals surface area contributed by atoms with E-state index >= 15 is 0 Å². The van der Waals surface area contributed by atoms with Crippen molar-refractivity contribution < 1.29 is 8.78 Å². The minimum Gasteiger partial charge on any atom is -0.329 e. The molecule has 0 aliphatic heterocycles. The summed E-state index contributed by atoms with van der Waals surface area (Å²) >= 11 is 0. The van der Waals surface area contributed by atoms with Gasteiger partial charge in [0.05, 0.1) is 6.04 Å². The van der Waals surface area contributed by atoms with Crippen LogP contribution in [0.25, 0.3) is 0 Å². The first-order valence-corrected chi connectivity index (χ1v) is 6.39. The molecule has 0 heterocycles. The fraction of sp³-hybridized carbons (Fsp3) is 0.571. The lowest BCUT2D eigenvalue weighted by molar-refractivity contribution is 0.182. The minimum absolute atomic E-state index is 0.0856. The summed E-state index contributed by atoms with van der Waals surface area (Å²) in [6.07, 6.45) is 0. The summed E-state index contributed by atoms with van der Waals surface area (Å²) in [6.45, 7) is 7.82. The van der Waals surface area contributed by atoms with Crippen molar-refractivity contribution in [3.63, 3.8) is 0 Å². The van der Waals surface area contributed by atoms with Gasteiger partial charge >= 0.3 is 0 Å². The smallest absolute Gasteiger partial charge is 0.130 e. The van der Waals surface area contributed by atoms with Crippen LogP contribution in [0, 0.1) is 17.6 Å². The van der Waals surface area contributed by atoms with Crippen LogP contribution in [0.5, 0.6) is 0 Å². The normalized spacial score (nSPS) is 13.3. The molecule has 0 fully saturated rings. The number of hydrogen-bond acceptors (Lipinski definition) is 2. The van der Waals surface area contributed by atoms with Gasteiger partial charge in [0.15, 0.2) is 0 Å². The summed E-state index contributed by atoms with van der Waals surface area (Å²) in [5.74, 6) is -0.617. The van der Waals surface area contributed by atoms with Gasteiger partial charge < -0.3 is 5.73 Å². The second kappa shape index (κ2) is 6.81.